The Bertz CT molecular complexity index is 633. The lowest BCUT2D eigenvalue weighted by atomic mass is 10.3. The zero-order chi connectivity index (χ0) is 14.2. The fourth-order valence-electron chi connectivity index (χ4n) is 2.07. The van der Waals surface area contributed by atoms with Gasteiger partial charge in [0.25, 0.3) is 11.5 Å². The number of hydrogen-bond acceptors (Lipinski definition) is 4. The molecular weight excluding hydrogens is 248 g/mol. The van der Waals surface area contributed by atoms with E-state index in [1.165, 1.54) is 12.1 Å². The molecular formula is C12H17N4O3+. The van der Waals surface area contributed by atoms with Gasteiger partial charge in [0.05, 0.1) is 11.0 Å². The first-order chi connectivity index (χ1) is 8.91. The highest BCUT2D eigenvalue weighted by atomic mass is 16.6. The van der Waals surface area contributed by atoms with E-state index in [1.807, 2.05) is 23.6 Å². The Balaban J connectivity index is 2.56. The van der Waals surface area contributed by atoms with Crippen molar-refractivity contribution in [3.05, 3.63) is 34.1 Å². The molecule has 2 aromatic rings. The zero-order valence-corrected chi connectivity index (χ0v) is 11.2. The van der Waals surface area contributed by atoms with Gasteiger partial charge < -0.3 is 10.1 Å². The van der Waals surface area contributed by atoms with Gasteiger partial charge in [-0.2, -0.15) is 0 Å². The van der Waals surface area contributed by atoms with E-state index in [-0.39, 0.29) is 5.69 Å². The van der Waals surface area contributed by atoms with Crippen molar-refractivity contribution in [1.82, 2.24) is 9.63 Å². The van der Waals surface area contributed by atoms with Crippen LogP contribution in [-0.2, 0) is 6.54 Å². The first kappa shape index (κ1) is 13.3. The van der Waals surface area contributed by atoms with Crippen molar-refractivity contribution in [3.63, 3.8) is 0 Å². The molecule has 0 saturated heterocycles. The SMILES string of the molecule is Cc1n(O)c2ccc([N+](=O)[O-])cc2[n+]1CCN(C)C. The average molecular weight is 265 g/mol. The van der Waals surface area contributed by atoms with Crippen LogP contribution in [0.3, 0.4) is 0 Å². The Hall–Kier alpha value is -2.15. The van der Waals surface area contributed by atoms with E-state index in [1.54, 1.807) is 13.0 Å². The summed E-state index contributed by atoms with van der Waals surface area (Å²) in [6.07, 6.45) is 0. The number of aromatic nitrogens is 2. The summed E-state index contributed by atoms with van der Waals surface area (Å²) in [6, 6.07) is 4.45. The van der Waals surface area contributed by atoms with Crippen LogP contribution in [-0.4, -0.2) is 40.4 Å². The summed E-state index contributed by atoms with van der Waals surface area (Å²) in [6.45, 7) is 3.22. The monoisotopic (exact) mass is 265 g/mol. The standard InChI is InChI=1S/C12H17N4O3/c1-9-14(7-6-13(2)3)12-8-10(16(18)19)4-5-11(12)15(9)17/h4-5,8,17H,6-7H2,1-3H3/q+1. The maximum atomic E-state index is 10.8. The topological polar surface area (TPSA) is 75.4 Å². The molecule has 0 fully saturated rings. The summed E-state index contributed by atoms with van der Waals surface area (Å²) in [5, 5.41) is 20.8. The summed E-state index contributed by atoms with van der Waals surface area (Å²) < 4.78 is 2.94. The molecule has 0 radical (unpaired) electrons. The van der Waals surface area contributed by atoms with Crippen molar-refractivity contribution in [3.8, 4) is 0 Å². The number of nitro benzene ring substituents is 1. The Labute approximate surface area is 110 Å². The van der Waals surface area contributed by atoms with Crippen LogP contribution in [0.25, 0.3) is 11.0 Å². The molecule has 1 aromatic carbocycles. The third-order valence-electron chi connectivity index (χ3n) is 3.16. The van der Waals surface area contributed by atoms with Gasteiger partial charge >= 0.3 is 0 Å². The van der Waals surface area contributed by atoms with E-state index in [9.17, 15) is 15.3 Å². The number of benzene rings is 1. The zero-order valence-electron chi connectivity index (χ0n) is 11.2. The van der Waals surface area contributed by atoms with Crippen LogP contribution in [0.2, 0.25) is 0 Å². The third-order valence-corrected chi connectivity index (χ3v) is 3.16. The minimum Gasteiger partial charge on any atom is -0.349 e. The van der Waals surface area contributed by atoms with Crippen molar-refractivity contribution in [2.45, 2.75) is 13.5 Å². The highest BCUT2D eigenvalue weighted by molar-refractivity contribution is 5.74. The normalized spacial score (nSPS) is 11.4. The van der Waals surface area contributed by atoms with Crippen LogP contribution in [0.5, 0.6) is 0 Å². The van der Waals surface area contributed by atoms with E-state index in [2.05, 4.69) is 0 Å². The van der Waals surface area contributed by atoms with E-state index in [0.717, 1.165) is 11.3 Å². The van der Waals surface area contributed by atoms with E-state index in [0.29, 0.717) is 23.4 Å². The number of fused-ring (bicyclic) bond motifs is 1. The maximum absolute atomic E-state index is 10.8. The van der Waals surface area contributed by atoms with Crippen molar-refractivity contribution in [2.75, 3.05) is 20.6 Å². The van der Waals surface area contributed by atoms with Crippen molar-refractivity contribution in [1.29, 1.82) is 0 Å². The van der Waals surface area contributed by atoms with Crippen molar-refractivity contribution < 1.29 is 14.7 Å². The summed E-state index contributed by atoms with van der Waals surface area (Å²) in [7, 11) is 3.91. The van der Waals surface area contributed by atoms with Gasteiger partial charge in [-0.15, -0.1) is 0 Å². The van der Waals surface area contributed by atoms with Gasteiger partial charge in [-0.1, -0.05) is 0 Å². The van der Waals surface area contributed by atoms with Crippen LogP contribution in [0.1, 0.15) is 5.82 Å². The minimum absolute atomic E-state index is 0.0247. The molecule has 0 bridgehead atoms. The highest BCUT2D eigenvalue weighted by Crippen LogP contribution is 2.19. The van der Waals surface area contributed by atoms with Gasteiger partial charge in [-0.25, -0.2) is 4.57 Å². The van der Waals surface area contributed by atoms with Crippen LogP contribution in [0, 0.1) is 17.0 Å². The van der Waals surface area contributed by atoms with Crippen LogP contribution in [0.4, 0.5) is 5.69 Å². The second kappa shape index (κ2) is 4.85. The Morgan fingerprint density at radius 2 is 2.16 bits per heavy atom. The summed E-state index contributed by atoms with van der Waals surface area (Å²) in [5.41, 5.74) is 1.26. The van der Waals surface area contributed by atoms with Gasteiger partial charge in [0.2, 0.25) is 5.52 Å². The van der Waals surface area contributed by atoms with Crippen LogP contribution in [0.15, 0.2) is 18.2 Å². The lowest BCUT2D eigenvalue weighted by Crippen LogP contribution is -2.41. The third kappa shape index (κ3) is 2.37. The van der Waals surface area contributed by atoms with Crippen molar-refractivity contribution >= 4 is 16.7 Å². The first-order valence-electron chi connectivity index (χ1n) is 5.95. The predicted molar refractivity (Wildman–Crippen MR) is 69.3 cm³/mol. The van der Waals surface area contributed by atoms with Crippen LogP contribution < -0.4 is 4.57 Å². The molecule has 0 aliphatic carbocycles. The number of likely N-dealkylation sites (N-methyl/N-ethyl adjacent to an activating group) is 1. The molecule has 0 aliphatic heterocycles. The van der Waals surface area contributed by atoms with Crippen molar-refractivity contribution in [2.24, 2.45) is 0 Å². The molecule has 1 N–H and O–H groups in total. The largest absolute Gasteiger partial charge is 0.349 e. The summed E-state index contributed by atoms with van der Waals surface area (Å²) >= 11 is 0. The molecule has 7 nitrogen and oxygen atoms in total. The number of imidazole rings is 1. The number of nitro groups is 1. The van der Waals surface area contributed by atoms with Crippen LogP contribution >= 0.6 is 0 Å². The fourth-order valence-corrected chi connectivity index (χ4v) is 2.07. The minimum atomic E-state index is -0.431. The highest BCUT2D eigenvalue weighted by Gasteiger charge is 2.23. The lowest BCUT2D eigenvalue weighted by molar-refractivity contribution is -0.679. The Morgan fingerprint density at radius 3 is 2.74 bits per heavy atom. The second-order valence-corrected chi connectivity index (χ2v) is 4.74. The lowest BCUT2D eigenvalue weighted by Gasteiger charge is -2.07. The molecule has 0 amide bonds. The molecule has 0 atom stereocenters. The average Bonchev–Trinajstić information content (AvgIpc) is 2.59. The molecule has 0 spiro atoms. The van der Waals surface area contributed by atoms with Gasteiger partial charge in [-0.3, -0.25) is 10.1 Å². The van der Waals surface area contributed by atoms with E-state index < -0.39 is 4.92 Å². The molecule has 0 saturated carbocycles. The smallest absolute Gasteiger partial charge is 0.294 e. The number of nitrogens with zero attached hydrogens (tertiary/aromatic N) is 4. The Kier molecular flexibility index (Phi) is 3.39. The molecule has 1 heterocycles. The quantitative estimate of drug-likeness (QED) is 0.386. The number of non-ortho nitro benzene ring substituents is 1. The Morgan fingerprint density at radius 1 is 1.47 bits per heavy atom. The molecule has 0 aliphatic rings. The molecule has 0 unspecified atom stereocenters. The molecule has 19 heavy (non-hydrogen) atoms. The van der Waals surface area contributed by atoms with Gasteiger partial charge in [0.15, 0.2) is 5.52 Å². The van der Waals surface area contributed by atoms with Gasteiger partial charge in [0.1, 0.15) is 6.54 Å². The molecule has 2 rings (SSSR count). The fraction of sp³-hybridized carbons (Fsp3) is 0.417. The molecule has 1 aromatic heterocycles. The maximum Gasteiger partial charge on any atom is 0.294 e. The van der Waals surface area contributed by atoms with E-state index >= 15 is 0 Å². The molecule has 102 valence electrons. The predicted octanol–water partition coefficient (Wildman–Crippen LogP) is 0.944. The van der Waals surface area contributed by atoms with Gasteiger partial charge in [0, 0.05) is 25.6 Å². The summed E-state index contributed by atoms with van der Waals surface area (Å²) in [4.78, 5) is 12.4. The first-order valence-corrected chi connectivity index (χ1v) is 5.95. The van der Waals surface area contributed by atoms with Gasteiger partial charge in [-0.05, 0) is 18.8 Å². The van der Waals surface area contributed by atoms with E-state index in [4.69, 9.17) is 0 Å². The second-order valence-electron chi connectivity index (χ2n) is 4.74. The molecule has 7 heteroatoms. The number of rotatable bonds is 4. The number of hydrogen-bond donors (Lipinski definition) is 1. The summed E-state index contributed by atoms with van der Waals surface area (Å²) in [5.74, 6) is 0.650.